The number of nitrogens with zero attached hydrogens (tertiary/aromatic N) is 2. The van der Waals surface area contributed by atoms with Crippen LogP contribution >= 0.6 is 0 Å². The van der Waals surface area contributed by atoms with Crippen molar-refractivity contribution in [3.05, 3.63) is 137 Å². The van der Waals surface area contributed by atoms with Crippen LogP contribution in [0.1, 0.15) is 41.7 Å². The van der Waals surface area contributed by atoms with Crippen molar-refractivity contribution in [1.29, 1.82) is 0 Å². The predicted molar refractivity (Wildman–Crippen MR) is 189 cm³/mol. The molecule has 1 atom stereocenters. The summed E-state index contributed by atoms with van der Waals surface area (Å²) in [6.45, 7) is 11.2. The van der Waals surface area contributed by atoms with Crippen molar-refractivity contribution in [3.8, 4) is 16.9 Å². The zero-order chi connectivity index (χ0) is 31.6. The molecule has 47 heavy (non-hydrogen) atoms. The van der Waals surface area contributed by atoms with Gasteiger partial charge in [0.05, 0.1) is 26.4 Å². The topological polar surface area (TPSA) is 34.2 Å². The molecule has 0 N–H and O–H groups in total. The fourth-order valence-corrected chi connectivity index (χ4v) is 8.43. The van der Waals surface area contributed by atoms with Gasteiger partial charge in [-0.15, -0.1) is 0 Å². The number of fused-ring (bicyclic) bond motifs is 8. The third kappa shape index (κ3) is 4.37. The van der Waals surface area contributed by atoms with Crippen LogP contribution in [0.15, 0.2) is 109 Å². The quantitative estimate of drug-likeness (QED) is 0.204. The van der Waals surface area contributed by atoms with Crippen LogP contribution in [-0.4, -0.2) is 57.5 Å². The summed E-state index contributed by atoms with van der Waals surface area (Å²) in [7, 11) is 0. The molecular weight excluding hydrogens is 580 g/mol. The second-order valence-corrected chi connectivity index (χ2v) is 13.6. The molecule has 0 amide bonds. The van der Waals surface area contributed by atoms with Crippen molar-refractivity contribution in [3.63, 3.8) is 0 Å². The molecule has 4 aliphatic rings. The fourth-order valence-electron chi connectivity index (χ4n) is 8.43. The first-order valence-electron chi connectivity index (χ1n) is 17.0. The fraction of sp³-hybridized carbons (Fsp3) is 0.286. The summed E-state index contributed by atoms with van der Waals surface area (Å²) in [6.07, 6.45) is 2.42. The molecule has 5 aromatic carbocycles. The van der Waals surface area contributed by atoms with E-state index >= 15 is 0 Å². The molecule has 0 radical (unpaired) electrons. The molecule has 3 aliphatic heterocycles. The summed E-state index contributed by atoms with van der Waals surface area (Å²) in [5, 5.41) is 2.39. The number of rotatable bonds is 4. The lowest BCUT2D eigenvalue weighted by atomic mass is 9.75. The minimum absolute atomic E-state index is 0.207. The first-order valence-corrected chi connectivity index (χ1v) is 17.0. The van der Waals surface area contributed by atoms with E-state index in [1.165, 1.54) is 44.6 Å². The molecule has 1 aliphatic carbocycles. The maximum absolute atomic E-state index is 7.66. The molecule has 0 saturated carbocycles. The molecule has 0 aromatic heterocycles. The summed E-state index contributed by atoms with van der Waals surface area (Å²) in [5.41, 5.74) is 10.2. The Morgan fingerprint density at radius 1 is 0.574 bits per heavy atom. The Kier molecular flexibility index (Phi) is 6.70. The highest BCUT2D eigenvalue weighted by Gasteiger charge is 2.47. The second kappa shape index (κ2) is 11.0. The van der Waals surface area contributed by atoms with Gasteiger partial charge in [0.15, 0.2) is 5.60 Å². The average molecular weight is 621 g/mol. The van der Waals surface area contributed by atoms with Gasteiger partial charge in [0.2, 0.25) is 0 Å². The number of morpholine rings is 2. The maximum atomic E-state index is 7.66. The zero-order valence-corrected chi connectivity index (χ0v) is 27.2. The van der Waals surface area contributed by atoms with Crippen LogP contribution in [0.4, 0.5) is 5.69 Å². The zero-order valence-electron chi connectivity index (χ0n) is 27.2. The standard InChI is InChI=1S/C42H40N2O3/c1-41(2)35-15-9-8-14-34(35)37-32-12-6-7-13-33(32)40-38(39(37)41)36(44-22-26-46-27-23-44)28-42(47-40,29-10-4-3-5-11-29)30-16-18-31(19-17-30)43-20-24-45-25-21-43/h3-19,28H,20-27H2,1-2H3. The Hall–Kier alpha value is -4.58. The van der Waals surface area contributed by atoms with Crippen LogP contribution in [0.25, 0.3) is 27.6 Å². The second-order valence-electron chi connectivity index (χ2n) is 13.6. The van der Waals surface area contributed by atoms with Gasteiger partial charge >= 0.3 is 0 Å². The molecule has 236 valence electrons. The van der Waals surface area contributed by atoms with Gasteiger partial charge < -0.3 is 24.0 Å². The SMILES string of the molecule is CC1(C)c2ccccc2-c2c1c1c(c3ccccc23)OC(c2ccccc2)(c2ccc(N3CCOCC3)cc2)C=C1N1CCOCC1. The van der Waals surface area contributed by atoms with Gasteiger partial charge in [-0.2, -0.15) is 0 Å². The van der Waals surface area contributed by atoms with Crippen LogP contribution in [0.2, 0.25) is 0 Å². The molecule has 2 fully saturated rings. The summed E-state index contributed by atoms with van der Waals surface area (Å²) >= 11 is 0. The van der Waals surface area contributed by atoms with E-state index in [2.05, 4.69) is 133 Å². The molecule has 0 spiro atoms. The molecule has 9 rings (SSSR count). The number of hydrogen-bond donors (Lipinski definition) is 0. The largest absolute Gasteiger partial charge is 0.472 e. The third-order valence-corrected chi connectivity index (χ3v) is 10.7. The Labute approximate surface area is 277 Å². The van der Waals surface area contributed by atoms with Crippen LogP contribution in [0, 0.1) is 0 Å². The lowest BCUT2D eigenvalue weighted by molar-refractivity contribution is 0.0617. The molecular formula is C42H40N2O3. The van der Waals surface area contributed by atoms with E-state index in [-0.39, 0.29) is 5.41 Å². The number of anilines is 1. The van der Waals surface area contributed by atoms with Crippen LogP contribution in [-0.2, 0) is 20.5 Å². The maximum Gasteiger partial charge on any atom is 0.180 e. The normalized spacial score (nSPS) is 21.4. The molecule has 5 heteroatoms. The summed E-state index contributed by atoms with van der Waals surface area (Å²) < 4.78 is 19.2. The lowest BCUT2D eigenvalue weighted by Crippen LogP contribution is -2.42. The van der Waals surface area contributed by atoms with Crippen molar-refractivity contribution in [1.82, 2.24) is 4.90 Å². The van der Waals surface area contributed by atoms with E-state index in [0.717, 1.165) is 61.7 Å². The van der Waals surface area contributed by atoms with Crippen LogP contribution in [0.5, 0.6) is 5.75 Å². The van der Waals surface area contributed by atoms with E-state index < -0.39 is 5.60 Å². The van der Waals surface area contributed by atoms with Crippen molar-refractivity contribution in [2.45, 2.75) is 24.9 Å². The monoisotopic (exact) mass is 620 g/mol. The highest BCUT2D eigenvalue weighted by atomic mass is 16.5. The van der Waals surface area contributed by atoms with Gasteiger partial charge in [-0.1, -0.05) is 105 Å². The molecule has 0 bridgehead atoms. The van der Waals surface area contributed by atoms with E-state index in [1.807, 2.05) is 0 Å². The molecule has 2 saturated heterocycles. The highest BCUT2D eigenvalue weighted by molar-refractivity contribution is 6.09. The Morgan fingerprint density at radius 2 is 1.17 bits per heavy atom. The van der Waals surface area contributed by atoms with Crippen molar-refractivity contribution in [2.24, 2.45) is 0 Å². The van der Waals surface area contributed by atoms with E-state index in [4.69, 9.17) is 14.2 Å². The van der Waals surface area contributed by atoms with Gasteiger partial charge in [-0.05, 0) is 45.8 Å². The third-order valence-electron chi connectivity index (χ3n) is 10.7. The molecule has 1 unspecified atom stereocenters. The van der Waals surface area contributed by atoms with Gasteiger partial charge in [0, 0.05) is 65.1 Å². The summed E-state index contributed by atoms with van der Waals surface area (Å²) in [4.78, 5) is 4.95. The molecule has 5 nitrogen and oxygen atoms in total. The Balaban J connectivity index is 1.34. The van der Waals surface area contributed by atoms with Crippen LogP contribution < -0.4 is 9.64 Å². The minimum Gasteiger partial charge on any atom is -0.472 e. The number of ether oxygens (including phenoxy) is 3. The summed E-state index contributed by atoms with van der Waals surface area (Å²) in [5.74, 6) is 0.963. The van der Waals surface area contributed by atoms with Gasteiger partial charge in [0.1, 0.15) is 5.75 Å². The molecule has 3 heterocycles. The van der Waals surface area contributed by atoms with Crippen molar-refractivity contribution >= 4 is 22.2 Å². The Bertz CT molecular complexity index is 2000. The smallest absolute Gasteiger partial charge is 0.180 e. The van der Waals surface area contributed by atoms with Gasteiger partial charge in [-0.3, -0.25) is 0 Å². The van der Waals surface area contributed by atoms with Crippen molar-refractivity contribution in [2.75, 3.05) is 57.5 Å². The van der Waals surface area contributed by atoms with E-state index in [0.29, 0.717) is 13.2 Å². The first-order chi connectivity index (χ1) is 23.1. The van der Waals surface area contributed by atoms with E-state index in [1.54, 1.807) is 0 Å². The Morgan fingerprint density at radius 3 is 1.89 bits per heavy atom. The summed E-state index contributed by atoms with van der Waals surface area (Å²) in [6, 6.07) is 37.6. The average Bonchev–Trinajstić information content (AvgIpc) is 3.39. The van der Waals surface area contributed by atoms with Gasteiger partial charge in [0.25, 0.3) is 0 Å². The van der Waals surface area contributed by atoms with Crippen molar-refractivity contribution < 1.29 is 14.2 Å². The molecule has 5 aromatic rings. The number of hydrogen-bond acceptors (Lipinski definition) is 5. The highest BCUT2D eigenvalue weighted by Crippen LogP contribution is 2.60. The minimum atomic E-state index is -0.835. The predicted octanol–water partition coefficient (Wildman–Crippen LogP) is 7.99. The van der Waals surface area contributed by atoms with Crippen LogP contribution in [0.3, 0.4) is 0 Å². The van der Waals surface area contributed by atoms with E-state index in [9.17, 15) is 0 Å². The first kappa shape index (κ1) is 28.6. The number of benzene rings is 5. The van der Waals surface area contributed by atoms with Gasteiger partial charge in [-0.25, -0.2) is 0 Å². The lowest BCUT2D eigenvalue weighted by Gasteiger charge is -2.44.